The van der Waals surface area contributed by atoms with Crippen molar-refractivity contribution in [1.29, 1.82) is 0 Å². The van der Waals surface area contributed by atoms with Gasteiger partial charge < -0.3 is 20.3 Å². The number of rotatable bonds is 62. The number of ether oxygens (including phenoxy) is 1. The molecule has 0 aliphatic rings. The molecule has 428 valence electrons. The normalized spacial score (nSPS) is 12.6. The maximum absolute atomic E-state index is 12.4. The van der Waals surface area contributed by atoms with Gasteiger partial charge in [-0.3, -0.25) is 9.59 Å². The molecule has 1 amide bonds. The molecule has 0 aliphatic carbocycles. The third-order valence-electron chi connectivity index (χ3n) is 15.6. The molecular formula is C66H129NO5. The molecule has 0 saturated heterocycles. The van der Waals surface area contributed by atoms with Gasteiger partial charge in [-0.15, -0.1) is 0 Å². The smallest absolute Gasteiger partial charge is 0.305 e. The molecule has 0 rings (SSSR count). The Balaban J connectivity index is 3.32. The number of hydrogen-bond acceptors (Lipinski definition) is 5. The summed E-state index contributed by atoms with van der Waals surface area (Å²) < 4.78 is 5.51. The number of unbranched alkanes of at least 4 members (excludes halogenated alkanes) is 51. The van der Waals surface area contributed by atoms with E-state index in [9.17, 15) is 19.8 Å². The van der Waals surface area contributed by atoms with E-state index >= 15 is 0 Å². The first-order valence-electron chi connectivity index (χ1n) is 33.0. The Morgan fingerprint density at radius 3 is 0.944 bits per heavy atom. The summed E-state index contributed by atoms with van der Waals surface area (Å²) in [7, 11) is 0. The molecule has 0 aliphatic heterocycles. The first kappa shape index (κ1) is 70.6. The highest BCUT2D eigenvalue weighted by atomic mass is 16.5. The lowest BCUT2D eigenvalue weighted by Crippen LogP contribution is -2.45. The van der Waals surface area contributed by atoms with E-state index in [1.54, 1.807) is 6.08 Å². The van der Waals surface area contributed by atoms with Crippen molar-refractivity contribution in [1.82, 2.24) is 5.32 Å². The predicted molar refractivity (Wildman–Crippen MR) is 315 cm³/mol. The molecule has 6 nitrogen and oxygen atoms in total. The molecular weight excluding hydrogens is 887 g/mol. The van der Waals surface area contributed by atoms with Crippen LogP contribution in [0.1, 0.15) is 373 Å². The second kappa shape index (κ2) is 62.1. The van der Waals surface area contributed by atoms with Gasteiger partial charge in [0.1, 0.15) is 0 Å². The molecule has 6 heteroatoms. The largest absolute Gasteiger partial charge is 0.466 e. The minimum absolute atomic E-state index is 0.0223. The van der Waals surface area contributed by atoms with Gasteiger partial charge in [0.2, 0.25) is 5.91 Å². The number of amides is 1. The van der Waals surface area contributed by atoms with Gasteiger partial charge in [-0.05, 0) is 32.1 Å². The van der Waals surface area contributed by atoms with E-state index < -0.39 is 12.1 Å². The molecule has 0 bridgehead atoms. The van der Waals surface area contributed by atoms with E-state index in [1.807, 2.05) is 6.08 Å². The Morgan fingerprint density at radius 1 is 0.375 bits per heavy atom. The van der Waals surface area contributed by atoms with E-state index in [4.69, 9.17) is 4.74 Å². The zero-order valence-corrected chi connectivity index (χ0v) is 48.9. The third kappa shape index (κ3) is 57.9. The van der Waals surface area contributed by atoms with Crippen molar-refractivity contribution in [3.8, 4) is 0 Å². The average molecular weight is 1020 g/mol. The summed E-state index contributed by atoms with van der Waals surface area (Å²) in [6.45, 7) is 4.93. The van der Waals surface area contributed by atoms with E-state index in [0.29, 0.717) is 19.4 Å². The minimum atomic E-state index is -0.840. The number of esters is 1. The highest BCUT2D eigenvalue weighted by Gasteiger charge is 2.18. The first-order valence-corrected chi connectivity index (χ1v) is 33.0. The molecule has 2 atom stereocenters. The molecule has 0 fully saturated rings. The Labute approximate surface area is 450 Å². The minimum Gasteiger partial charge on any atom is -0.466 e. The molecule has 0 aromatic carbocycles. The summed E-state index contributed by atoms with van der Waals surface area (Å²) in [6, 6.07) is -0.623. The molecule has 2 unspecified atom stereocenters. The number of nitrogens with one attached hydrogen (secondary N) is 1. The lowest BCUT2D eigenvalue weighted by molar-refractivity contribution is -0.143. The van der Waals surface area contributed by atoms with Crippen LogP contribution in [0, 0.1) is 0 Å². The number of carbonyl (C=O) groups excluding carboxylic acids is 2. The zero-order valence-electron chi connectivity index (χ0n) is 48.9. The van der Waals surface area contributed by atoms with Crippen LogP contribution in [0.25, 0.3) is 0 Å². The van der Waals surface area contributed by atoms with Crippen LogP contribution in [-0.2, 0) is 14.3 Å². The summed E-state index contributed by atoms with van der Waals surface area (Å²) in [4.78, 5) is 24.5. The van der Waals surface area contributed by atoms with E-state index in [0.717, 1.165) is 38.5 Å². The van der Waals surface area contributed by atoms with E-state index in [-0.39, 0.29) is 18.5 Å². The maximum Gasteiger partial charge on any atom is 0.305 e. The van der Waals surface area contributed by atoms with Gasteiger partial charge in [0.05, 0.1) is 25.4 Å². The van der Waals surface area contributed by atoms with Crippen LogP contribution >= 0.6 is 0 Å². The average Bonchev–Trinajstić information content (AvgIpc) is 3.38. The van der Waals surface area contributed by atoms with Crippen molar-refractivity contribution in [3.63, 3.8) is 0 Å². The van der Waals surface area contributed by atoms with Gasteiger partial charge >= 0.3 is 5.97 Å². The van der Waals surface area contributed by atoms with Crippen molar-refractivity contribution in [2.75, 3.05) is 13.2 Å². The monoisotopic (exact) mass is 1020 g/mol. The standard InChI is InChI=1S/C66H129NO5/c1-3-5-7-9-11-13-15-16-17-29-33-36-40-44-48-52-56-60-66(71)72-61-57-53-49-45-41-37-34-31-28-26-24-22-20-18-19-21-23-25-27-30-32-35-39-43-47-51-55-59-65(70)67-63(62-68)64(69)58-54-50-46-42-38-14-12-10-8-6-4-2/h54,58,63-64,68-69H,3-53,55-57,59-62H2,1-2H3,(H,67,70)/b58-54+. The maximum atomic E-state index is 12.4. The molecule has 72 heavy (non-hydrogen) atoms. The Kier molecular flexibility index (Phi) is 60.9. The summed E-state index contributed by atoms with van der Waals surface area (Å²) in [5, 5.41) is 23.0. The molecule has 0 aromatic rings. The predicted octanol–water partition coefficient (Wildman–Crippen LogP) is 20.8. The number of aliphatic hydroxyl groups excluding tert-OH is 2. The number of allylic oxidation sites excluding steroid dienone is 1. The summed E-state index contributed by atoms with van der Waals surface area (Å²) in [6.07, 6.45) is 75.7. The van der Waals surface area contributed by atoms with Crippen molar-refractivity contribution >= 4 is 11.9 Å². The number of carbonyl (C=O) groups is 2. The van der Waals surface area contributed by atoms with Crippen molar-refractivity contribution in [2.45, 2.75) is 386 Å². The van der Waals surface area contributed by atoms with E-state index in [1.165, 1.54) is 308 Å². The molecule has 0 aromatic heterocycles. The summed E-state index contributed by atoms with van der Waals surface area (Å²) >= 11 is 0. The van der Waals surface area contributed by atoms with Gasteiger partial charge in [-0.1, -0.05) is 341 Å². The van der Waals surface area contributed by atoms with Crippen molar-refractivity contribution in [2.24, 2.45) is 0 Å². The quantitative estimate of drug-likeness (QED) is 0.0320. The fraction of sp³-hybridized carbons (Fsp3) is 0.939. The van der Waals surface area contributed by atoms with E-state index in [2.05, 4.69) is 19.2 Å². The van der Waals surface area contributed by atoms with Crippen LogP contribution in [0.2, 0.25) is 0 Å². The van der Waals surface area contributed by atoms with Gasteiger partial charge in [0, 0.05) is 12.8 Å². The summed E-state index contributed by atoms with van der Waals surface area (Å²) in [5.74, 6) is -0.0424. The molecule has 0 spiro atoms. The lowest BCUT2D eigenvalue weighted by atomic mass is 10.0. The second-order valence-corrected chi connectivity index (χ2v) is 22.8. The zero-order chi connectivity index (χ0) is 52.2. The third-order valence-corrected chi connectivity index (χ3v) is 15.6. The second-order valence-electron chi connectivity index (χ2n) is 22.8. The number of hydrogen-bond donors (Lipinski definition) is 3. The van der Waals surface area contributed by atoms with Gasteiger partial charge in [-0.2, -0.15) is 0 Å². The van der Waals surface area contributed by atoms with Crippen molar-refractivity contribution in [3.05, 3.63) is 12.2 Å². The van der Waals surface area contributed by atoms with Gasteiger partial charge in [0.25, 0.3) is 0 Å². The van der Waals surface area contributed by atoms with Crippen LogP contribution in [0.5, 0.6) is 0 Å². The summed E-state index contributed by atoms with van der Waals surface area (Å²) in [5.41, 5.74) is 0. The fourth-order valence-corrected chi connectivity index (χ4v) is 10.5. The molecule has 3 N–H and O–H groups in total. The van der Waals surface area contributed by atoms with Crippen LogP contribution in [0.3, 0.4) is 0 Å². The SMILES string of the molecule is CCCCCCCCCCC/C=C/C(O)C(CO)NC(=O)CCCCCCCCCCCCCCCCCCCCCCCCCCCCCOC(=O)CCCCCCCCCCCCCCCCCCC. The topological polar surface area (TPSA) is 95.9 Å². The molecule has 0 heterocycles. The highest BCUT2D eigenvalue weighted by Crippen LogP contribution is 2.19. The Morgan fingerprint density at radius 2 is 0.639 bits per heavy atom. The highest BCUT2D eigenvalue weighted by molar-refractivity contribution is 5.76. The Bertz CT molecular complexity index is 1080. The van der Waals surface area contributed by atoms with Gasteiger partial charge in [0.15, 0.2) is 0 Å². The fourth-order valence-electron chi connectivity index (χ4n) is 10.5. The van der Waals surface area contributed by atoms with Crippen LogP contribution in [0.15, 0.2) is 12.2 Å². The van der Waals surface area contributed by atoms with Crippen molar-refractivity contribution < 1.29 is 24.5 Å². The Hall–Kier alpha value is -1.40. The van der Waals surface area contributed by atoms with Crippen LogP contribution in [-0.4, -0.2) is 47.4 Å². The lowest BCUT2D eigenvalue weighted by Gasteiger charge is -2.20. The van der Waals surface area contributed by atoms with Crippen LogP contribution < -0.4 is 5.32 Å². The molecule has 0 saturated carbocycles. The molecule has 0 radical (unpaired) electrons. The first-order chi connectivity index (χ1) is 35.5. The number of aliphatic hydroxyl groups is 2. The van der Waals surface area contributed by atoms with Crippen LogP contribution in [0.4, 0.5) is 0 Å². The van der Waals surface area contributed by atoms with Gasteiger partial charge in [-0.25, -0.2) is 0 Å².